The van der Waals surface area contributed by atoms with E-state index in [4.69, 9.17) is 0 Å². The van der Waals surface area contributed by atoms with Gasteiger partial charge < -0.3 is 0 Å². The van der Waals surface area contributed by atoms with Crippen molar-refractivity contribution in [3.8, 4) is 0 Å². The fourth-order valence-corrected chi connectivity index (χ4v) is 1.20. The standard InChI is InChI=1S/C11H17N/c1-8(2)10-5-6-12-11(7-10)9(3)4/h5-9H,1-4H3/p+1. The summed E-state index contributed by atoms with van der Waals surface area (Å²) in [5.41, 5.74) is 2.73. The molecule has 0 saturated carbocycles. The highest BCUT2D eigenvalue weighted by Crippen LogP contribution is 2.16. The molecule has 0 fully saturated rings. The zero-order valence-electron chi connectivity index (χ0n) is 8.39. The van der Waals surface area contributed by atoms with Crippen molar-refractivity contribution in [1.29, 1.82) is 0 Å². The molecule has 0 aliphatic carbocycles. The van der Waals surface area contributed by atoms with Crippen LogP contribution in [0.2, 0.25) is 0 Å². The van der Waals surface area contributed by atoms with Gasteiger partial charge in [-0.2, -0.15) is 0 Å². The molecule has 1 nitrogen and oxygen atoms in total. The number of hydrogen-bond donors (Lipinski definition) is 0. The quantitative estimate of drug-likeness (QED) is 0.638. The van der Waals surface area contributed by atoms with Crippen LogP contribution in [0.4, 0.5) is 0 Å². The second kappa shape index (κ2) is 3.70. The van der Waals surface area contributed by atoms with E-state index in [1.807, 2.05) is 6.20 Å². The minimum atomic E-state index is 0.587. The van der Waals surface area contributed by atoms with E-state index in [2.05, 4.69) is 44.8 Å². The monoisotopic (exact) mass is 164 g/mol. The second-order valence-electron chi connectivity index (χ2n) is 3.89. The molecule has 0 aromatic carbocycles. The largest absolute Gasteiger partial charge is 0.215 e. The van der Waals surface area contributed by atoms with Gasteiger partial charge in [0.05, 0.1) is 0 Å². The summed E-state index contributed by atoms with van der Waals surface area (Å²) >= 11 is 0. The molecule has 66 valence electrons. The Morgan fingerprint density at radius 3 is 2.25 bits per heavy atom. The minimum absolute atomic E-state index is 0.587. The van der Waals surface area contributed by atoms with Gasteiger partial charge in [0.15, 0.2) is 11.9 Å². The predicted molar refractivity (Wildman–Crippen MR) is 51.2 cm³/mol. The summed E-state index contributed by atoms with van der Waals surface area (Å²) in [6.45, 7) is 8.85. The van der Waals surface area contributed by atoms with Crippen LogP contribution in [0.25, 0.3) is 0 Å². The lowest BCUT2D eigenvalue weighted by atomic mass is 10.0. The molecule has 0 radical (unpaired) electrons. The van der Waals surface area contributed by atoms with E-state index >= 15 is 0 Å². The second-order valence-corrected chi connectivity index (χ2v) is 3.89. The molecule has 0 amide bonds. The van der Waals surface area contributed by atoms with Gasteiger partial charge in [-0.3, -0.25) is 0 Å². The maximum atomic E-state index is 3.26. The Morgan fingerprint density at radius 1 is 1.08 bits per heavy atom. The van der Waals surface area contributed by atoms with Gasteiger partial charge in [-0.25, -0.2) is 4.98 Å². The maximum Gasteiger partial charge on any atom is 0.182 e. The molecular formula is C11H18N+. The van der Waals surface area contributed by atoms with Crippen LogP contribution in [0.3, 0.4) is 0 Å². The van der Waals surface area contributed by atoms with E-state index in [0.29, 0.717) is 11.8 Å². The summed E-state index contributed by atoms with van der Waals surface area (Å²) in [5.74, 6) is 1.21. The van der Waals surface area contributed by atoms with Crippen molar-refractivity contribution in [2.45, 2.75) is 39.5 Å². The Labute approximate surface area is 74.8 Å². The third-order valence-corrected chi connectivity index (χ3v) is 2.14. The zero-order chi connectivity index (χ0) is 9.14. The lowest BCUT2D eigenvalue weighted by Gasteiger charge is -2.04. The molecule has 1 N–H and O–H groups in total. The molecule has 1 aromatic rings. The number of aromatic amines is 1. The van der Waals surface area contributed by atoms with Crippen molar-refractivity contribution in [2.75, 3.05) is 0 Å². The van der Waals surface area contributed by atoms with Crippen LogP contribution in [0.5, 0.6) is 0 Å². The fraction of sp³-hybridized carbons (Fsp3) is 0.545. The van der Waals surface area contributed by atoms with Crippen molar-refractivity contribution in [3.05, 3.63) is 29.6 Å². The number of hydrogen-bond acceptors (Lipinski definition) is 0. The maximum absolute atomic E-state index is 3.26. The average Bonchev–Trinajstić information content (AvgIpc) is 2.04. The number of pyridine rings is 1. The van der Waals surface area contributed by atoms with E-state index in [9.17, 15) is 0 Å². The number of rotatable bonds is 2. The highest BCUT2D eigenvalue weighted by Gasteiger charge is 2.08. The molecule has 1 heteroatoms. The molecule has 0 aliphatic rings. The normalized spacial score (nSPS) is 11.2. The summed E-state index contributed by atoms with van der Waals surface area (Å²) in [5, 5.41) is 0. The SMILES string of the molecule is CC(C)c1cc[nH+]c(C(C)C)c1. The van der Waals surface area contributed by atoms with Gasteiger partial charge in [0, 0.05) is 18.1 Å². The van der Waals surface area contributed by atoms with E-state index in [-0.39, 0.29) is 0 Å². The smallest absolute Gasteiger partial charge is 0.182 e. The summed E-state index contributed by atoms with van der Waals surface area (Å²) < 4.78 is 0. The van der Waals surface area contributed by atoms with Crippen LogP contribution in [0.1, 0.15) is 50.8 Å². The fourth-order valence-electron chi connectivity index (χ4n) is 1.20. The molecule has 0 atom stereocenters. The minimum Gasteiger partial charge on any atom is -0.215 e. The van der Waals surface area contributed by atoms with Gasteiger partial charge in [-0.15, -0.1) is 0 Å². The average molecular weight is 164 g/mol. The molecule has 1 heterocycles. The summed E-state index contributed by atoms with van der Waals surface area (Å²) in [6, 6.07) is 4.41. The first-order chi connectivity index (χ1) is 5.61. The molecule has 0 unspecified atom stereocenters. The van der Waals surface area contributed by atoms with Crippen LogP contribution in [0.15, 0.2) is 18.3 Å². The Hall–Kier alpha value is -0.850. The first-order valence-corrected chi connectivity index (χ1v) is 4.62. The molecular weight excluding hydrogens is 146 g/mol. The van der Waals surface area contributed by atoms with Crippen molar-refractivity contribution < 1.29 is 4.98 Å². The van der Waals surface area contributed by atoms with E-state index in [1.165, 1.54) is 11.3 Å². The highest BCUT2D eigenvalue weighted by molar-refractivity contribution is 5.17. The molecule has 12 heavy (non-hydrogen) atoms. The van der Waals surface area contributed by atoms with Crippen LogP contribution in [-0.2, 0) is 0 Å². The van der Waals surface area contributed by atoms with E-state index in [0.717, 1.165) is 0 Å². The van der Waals surface area contributed by atoms with Crippen molar-refractivity contribution in [1.82, 2.24) is 0 Å². The summed E-state index contributed by atoms with van der Waals surface area (Å²) in [4.78, 5) is 3.26. The van der Waals surface area contributed by atoms with Crippen molar-refractivity contribution in [3.63, 3.8) is 0 Å². The van der Waals surface area contributed by atoms with E-state index < -0.39 is 0 Å². The van der Waals surface area contributed by atoms with Crippen LogP contribution < -0.4 is 4.98 Å². The third-order valence-electron chi connectivity index (χ3n) is 2.14. The Bertz CT molecular complexity index is 228. The first-order valence-electron chi connectivity index (χ1n) is 4.62. The Kier molecular flexibility index (Phi) is 2.85. The molecule has 0 saturated heterocycles. The number of H-pyrrole nitrogens is 1. The van der Waals surface area contributed by atoms with Crippen molar-refractivity contribution in [2.24, 2.45) is 0 Å². The zero-order valence-corrected chi connectivity index (χ0v) is 8.39. The highest BCUT2D eigenvalue weighted by atomic mass is 14.7. The molecule has 1 aromatic heterocycles. The van der Waals surface area contributed by atoms with Gasteiger partial charge >= 0.3 is 0 Å². The predicted octanol–water partition coefficient (Wildman–Crippen LogP) is 2.75. The Balaban J connectivity index is 2.96. The van der Waals surface area contributed by atoms with E-state index in [1.54, 1.807) is 0 Å². The summed E-state index contributed by atoms with van der Waals surface area (Å²) in [6.07, 6.45) is 2.03. The lowest BCUT2D eigenvalue weighted by Crippen LogP contribution is -2.12. The lowest BCUT2D eigenvalue weighted by molar-refractivity contribution is -0.392. The van der Waals surface area contributed by atoms with Gasteiger partial charge in [-0.05, 0) is 11.5 Å². The number of aromatic nitrogens is 1. The molecule has 0 spiro atoms. The van der Waals surface area contributed by atoms with Gasteiger partial charge in [0.2, 0.25) is 0 Å². The van der Waals surface area contributed by atoms with Crippen LogP contribution >= 0.6 is 0 Å². The van der Waals surface area contributed by atoms with Crippen molar-refractivity contribution >= 4 is 0 Å². The topological polar surface area (TPSA) is 14.1 Å². The molecule has 0 bridgehead atoms. The Morgan fingerprint density at radius 2 is 1.75 bits per heavy atom. The first kappa shape index (κ1) is 9.24. The number of nitrogens with one attached hydrogen (secondary N) is 1. The third kappa shape index (κ3) is 2.07. The van der Waals surface area contributed by atoms with Crippen LogP contribution in [0, 0.1) is 0 Å². The molecule has 1 rings (SSSR count). The molecule has 0 aliphatic heterocycles. The van der Waals surface area contributed by atoms with Gasteiger partial charge in [0.1, 0.15) is 0 Å². The van der Waals surface area contributed by atoms with Crippen LogP contribution in [-0.4, -0.2) is 0 Å². The summed E-state index contributed by atoms with van der Waals surface area (Å²) in [7, 11) is 0. The van der Waals surface area contributed by atoms with Gasteiger partial charge in [0.25, 0.3) is 0 Å². The van der Waals surface area contributed by atoms with Gasteiger partial charge in [-0.1, -0.05) is 27.7 Å².